The van der Waals surface area contributed by atoms with Gasteiger partial charge in [-0.25, -0.2) is 4.98 Å². The summed E-state index contributed by atoms with van der Waals surface area (Å²) in [5.41, 5.74) is 2.29. The highest BCUT2D eigenvalue weighted by Gasteiger charge is 2.06. The van der Waals surface area contributed by atoms with Crippen LogP contribution in [0.3, 0.4) is 0 Å². The predicted octanol–water partition coefficient (Wildman–Crippen LogP) is 3.90. The number of aryl methyl sites for hydroxylation is 1. The molecule has 0 spiro atoms. The summed E-state index contributed by atoms with van der Waals surface area (Å²) < 4.78 is 2.12. The summed E-state index contributed by atoms with van der Waals surface area (Å²) in [6.45, 7) is 2.12. The van der Waals surface area contributed by atoms with Crippen LogP contribution < -0.4 is 0 Å². The molecule has 0 bridgehead atoms. The smallest absolute Gasteiger partial charge is 0.150 e. The maximum Gasteiger partial charge on any atom is 0.150 e. The van der Waals surface area contributed by atoms with Crippen molar-refractivity contribution in [3.63, 3.8) is 0 Å². The lowest BCUT2D eigenvalue weighted by Gasteiger charge is -2.02. The fourth-order valence-corrected chi connectivity index (χ4v) is 2.80. The maximum absolute atomic E-state index is 4.44. The number of aromatic nitrogens is 2. The van der Waals surface area contributed by atoms with Gasteiger partial charge in [0.25, 0.3) is 0 Å². The molecule has 84 valence electrons. The van der Waals surface area contributed by atoms with Crippen molar-refractivity contribution in [1.29, 1.82) is 0 Å². The van der Waals surface area contributed by atoms with Gasteiger partial charge in [0.1, 0.15) is 5.65 Å². The van der Waals surface area contributed by atoms with Gasteiger partial charge in [-0.15, -0.1) is 0 Å². The van der Waals surface area contributed by atoms with E-state index < -0.39 is 0 Å². The normalized spacial score (nSPS) is 10.9. The molecule has 0 saturated heterocycles. The Balaban J connectivity index is 2.07. The van der Waals surface area contributed by atoms with Crippen molar-refractivity contribution in [2.45, 2.75) is 11.8 Å². The largest absolute Gasteiger partial charge is 0.270 e. The van der Waals surface area contributed by atoms with Crippen molar-refractivity contribution < 1.29 is 0 Å². The molecule has 0 atom stereocenters. The summed E-state index contributed by atoms with van der Waals surface area (Å²) in [5, 5.41) is 1.22. The number of fused-ring (bicyclic) bond motifs is 1. The lowest BCUT2D eigenvalue weighted by molar-refractivity contribution is 1.24. The molecule has 0 aliphatic heterocycles. The van der Waals surface area contributed by atoms with Crippen LogP contribution in [0, 0.1) is 6.92 Å². The molecular weight excluding hydrogens is 228 g/mol. The Morgan fingerprint density at radius 3 is 2.71 bits per heavy atom. The molecule has 0 unspecified atom stereocenters. The van der Waals surface area contributed by atoms with E-state index in [0.717, 1.165) is 5.65 Å². The van der Waals surface area contributed by atoms with E-state index in [2.05, 4.69) is 40.3 Å². The van der Waals surface area contributed by atoms with Crippen molar-refractivity contribution in [1.82, 2.24) is 8.96 Å². The molecule has 2 heterocycles. The molecule has 17 heavy (non-hydrogen) atoms. The van der Waals surface area contributed by atoms with Crippen LogP contribution in [0.25, 0.3) is 11.0 Å². The van der Waals surface area contributed by atoms with E-state index in [0.29, 0.717) is 0 Å². The predicted molar refractivity (Wildman–Crippen MR) is 72.2 cm³/mol. The van der Waals surface area contributed by atoms with Gasteiger partial charge in [-0.3, -0.25) is 3.97 Å². The molecule has 0 fully saturated rings. The molecular formula is C14H12N2S. The fraction of sp³-hybridized carbons (Fsp3) is 0.0714. The topological polar surface area (TPSA) is 17.8 Å². The molecule has 3 aromatic rings. The van der Waals surface area contributed by atoms with E-state index in [1.165, 1.54) is 15.8 Å². The molecule has 0 N–H and O–H groups in total. The molecule has 3 heteroatoms. The Labute approximate surface area is 104 Å². The van der Waals surface area contributed by atoms with Crippen LogP contribution in [0.1, 0.15) is 5.56 Å². The minimum absolute atomic E-state index is 1.03. The first-order valence-corrected chi connectivity index (χ1v) is 6.28. The zero-order valence-electron chi connectivity index (χ0n) is 9.50. The van der Waals surface area contributed by atoms with E-state index in [-0.39, 0.29) is 0 Å². The van der Waals surface area contributed by atoms with Gasteiger partial charge in [0.05, 0.1) is 0 Å². The van der Waals surface area contributed by atoms with Gasteiger partial charge in [0, 0.05) is 22.7 Å². The third-order valence-corrected chi connectivity index (χ3v) is 3.64. The van der Waals surface area contributed by atoms with Gasteiger partial charge >= 0.3 is 0 Å². The lowest BCUT2D eigenvalue weighted by atomic mass is 10.2. The quantitative estimate of drug-likeness (QED) is 0.676. The van der Waals surface area contributed by atoms with Gasteiger partial charge in [-0.05, 0) is 48.7 Å². The van der Waals surface area contributed by atoms with Gasteiger partial charge < -0.3 is 0 Å². The van der Waals surface area contributed by atoms with Gasteiger partial charge in [-0.1, -0.05) is 18.2 Å². The number of hydrogen-bond donors (Lipinski definition) is 0. The average molecular weight is 240 g/mol. The van der Waals surface area contributed by atoms with Crippen molar-refractivity contribution in [3.8, 4) is 0 Å². The van der Waals surface area contributed by atoms with Crippen molar-refractivity contribution >= 4 is 23.0 Å². The van der Waals surface area contributed by atoms with Crippen LogP contribution in [-0.2, 0) is 0 Å². The van der Waals surface area contributed by atoms with Crippen LogP contribution in [0.2, 0.25) is 0 Å². The first kappa shape index (κ1) is 10.4. The highest BCUT2D eigenvalue weighted by Crippen LogP contribution is 2.27. The molecule has 3 rings (SSSR count). The van der Waals surface area contributed by atoms with Gasteiger partial charge in [0.15, 0.2) is 0 Å². The highest BCUT2D eigenvalue weighted by atomic mass is 32.2. The van der Waals surface area contributed by atoms with Crippen LogP contribution in [-0.4, -0.2) is 8.96 Å². The first-order chi connectivity index (χ1) is 8.34. The molecule has 1 aromatic carbocycles. The SMILES string of the molecule is Cc1cn(Sc2ccccc2)c2ncccc12. The number of nitrogens with zero attached hydrogens (tertiary/aromatic N) is 2. The molecule has 0 radical (unpaired) electrons. The second-order valence-electron chi connectivity index (χ2n) is 3.92. The number of pyridine rings is 1. The minimum Gasteiger partial charge on any atom is -0.270 e. The second-order valence-corrected chi connectivity index (χ2v) is 4.96. The van der Waals surface area contributed by atoms with E-state index in [9.17, 15) is 0 Å². The summed E-state index contributed by atoms with van der Waals surface area (Å²) in [4.78, 5) is 5.66. The number of hydrogen-bond acceptors (Lipinski definition) is 2. The second kappa shape index (κ2) is 4.26. The highest BCUT2D eigenvalue weighted by molar-refractivity contribution is 7.98. The van der Waals surface area contributed by atoms with E-state index in [4.69, 9.17) is 0 Å². The van der Waals surface area contributed by atoms with Crippen molar-refractivity contribution in [3.05, 3.63) is 60.4 Å². The van der Waals surface area contributed by atoms with Crippen molar-refractivity contribution in [2.75, 3.05) is 0 Å². The number of benzene rings is 1. The third-order valence-electron chi connectivity index (χ3n) is 2.68. The zero-order valence-corrected chi connectivity index (χ0v) is 10.3. The molecule has 0 aliphatic carbocycles. The molecule has 0 saturated carbocycles. The van der Waals surface area contributed by atoms with Crippen LogP contribution in [0.15, 0.2) is 59.8 Å². The van der Waals surface area contributed by atoms with Crippen molar-refractivity contribution in [2.24, 2.45) is 0 Å². The first-order valence-electron chi connectivity index (χ1n) is 5.51. The van der Waals surface area contributed by atoms with Crippen LogP contribution in [0.4, 0.5) is 0 Å². The van der Waals surface area contributed by atoms with E-state index in [1.807, 2.05) is 30.5 Å². The maximum atomic E-state index is 4.44. The molecule has 2 nitrogen and oxygen atoms in total. The summed E-state index contributed by atoms with van der Waals surface area (Å²) in [7, 11) is 0. The standard InChI is InChI=1S/C14H12N2S/c1-11-10-16(14-13(11)8-5-9-15-14)17-12-6-3-2-4-7-12/h2-10H,1H3. The summed E-state index contributed by atoms with van der Waals surface area (Å²) in [6, 6.07) is 14.4. The lowest BCUT2D eigenvalue weighted by Crippen LogP contribution is -1.86. The Morgan fingerprint density at radius 2 is 1.88 bits per heavy atom. The average Bonchev–Trinajstić information content (AvgIpc) is 2.69. The molecule has 0 aliphatic rings. The van der Waals surface area contributed by atoms with Gasteiger partial charge in [-0.2, -0.15) is 0 Å². The van der Waals surface area contributed by atoms with Crippen LogP contribution >= 0.6 is 11.9 Å². The molecule has 2 aromatic heterocycles. The van der Waals surface area contributed by atoms with Gasteiger partial charge in [0.2, 0.25) is 0 Å². The minimum atomic E-state index is 1.03. The zero-order chi connectivity index (χ0) is 11.7. The number of rotatable bonds is 2. The summed E-state index contributed by atoms with van der Waals surface area (Å²) in [5.74, 6) is 0. The summed E-state index contributed by atoms with van der Waals surface area (Å²) >= 11 is 1.69. The van der Waals surface area contributed by atoms with Crippen LogP contribution in [0.5, 0.6) is 0 Å². The monoisotopic (exact) mass is 240 g/mol. The Bertz CT molecular complexity index is 644. The van der Waals surface area contributed by atoms with E-state index >= 15 is 0 Å². The Kier molecular flexibility index (Phi) is 2.61. The molecule has 0 amide bonds. The summed E-state index contributed by atoms with van der Waals surface area (Å²) in [6.07, 6.45) is 3.97. The fourth-order valence-electron chi connectivity index (χ4n) is 1.85. The third kappa shape index (κ3) is 1.94. The Morgan fingerprint density at radius 1 is 1.06 bits per heavy atom. The van der Waals surface area contributed by atoms with E-state index in [1.54, 1.807) is 11.9 Å². The Hall–Kier alpha value is -1.74.